The van der Waals surface area contributed by atoms with Crippen LogP contribution in [0.15, 0.2) is 109 Å². The third-order valence-electron chi connectivity index (χ3n) is 12.2. The summed E-state index contributed by atoms with van der Waals surface area (Å²) in [5.41, 5.74) is 0. The Hall–Kier alpha value is -3.93. The lowest BCUT2D eigenvalue weighted by atomic mass is 10.0. The van der Waals surface area contributed by atoms with Gasteiger partial charge in [-0.1, -0.05) is 284 Å². The van der Waals surface area contributed by atoms with Gasteiger partial charge in [0.05, 0.1) is 0 Å². The zero-order valence-corrected chi connectivity index (χ0v) is 45.5. The van der Waals surface area contributed by atoms with Crippen molar-refractivity contribution in [2.24, 2.45) is 0 Å². The van der Waals surface area contributed by atoms with Gasteiger partial charge in [-0.05, 0) is 64.2 Å². The van der Waals surface area contributed by atoms with E-state index in [0.29, 0.717) is 19.3 Å². The standard InChI is InChI=1S/C64H106O6/c1-4-7-10-13-16-19-22-25-28-30-32-34-36-39-42-45-48-51-54-57-63(66)69-60-61(59-68-62(65)56-53-50-47-44-41-38-35-27-24-21-18-15-12-9-6-3)70-64(67)58-55-52-49-46-43-40-37-33-31-29-26-23-20-17-14-11-8-5-2/h7,10,13,16,19,22,25,28-34,36-37,39,42,61H,4-6,8-9,11-12,14-15,17-18,20-21,23-24,26-27,35,38,40-41,43-60H2,1-3H3/b10-7-,16-13-,22-19-,28-25-,31-29-,32-30+,36-34-,37-33-,42-39-. The molecule has 0 aliphatic heterocycles. The zero-order valence-electron chi connectivity index (χ0n) is 45.5. The van der Waals surface area contributed by atoms with E-state index >= 15 is 0 Å². The lowest BCUT2D eigenvalue weighted by molar-refractivity contribution is -0.167. The molecule has 1 unspecified atom stereocenters. The fourth-order valence-corrected chi connectivity index (χ4v) is 7.89. The Bertz CT molecular complexity index is 1440. The summed E-state index contributed by atoms with van der Waals surface area (Å²) in [4.78, 5) is 38.2. The Kier molecular flexibility index (Phi) is 54.4. The quantitative estimate of drug-likeness (QED) is 0.0262. The molecule has 0 heterocycles. The molecule has 0 aliphatic rings. The number of allylic oxidation sites excluding steroid dienone is 18. The Labute approximate surface area is 431 Å². The summed E-state index contributed by atoms with van der Waals surface area (Å²) in [5.74, 6) is -0.957. The highest BCUT2D eigenvalue weighted by Gasteiger charge is 2.19. The van der Waals surface area contributed by atoms with Gasteiger partial charge in [0, 0.05) is 19.3 Å². The van der Waals surface area contributed by atoms with Gasteiger partial charge < -0.3 is 14.2 Å². The maximum Gasteiger partial charge on any atom is 0.306 e. The number of ether oxygens (including phenoxy) is 3. The molecule has 0 aliphatic carbocycles. The molecule has 6 heteroatoms. The van der Waals surface area contributed by atoms with Gasteiger partial charge >= 0.3 is 17.9 Å². The average Bonchev–Trinajstić information content (AvgIpc) is 3.36. The van der Waals surface area contributed by atoms with Gasteiger partial charge in [-0.25, -0.2) is 0 Å². The topological polar surface area (TPSA) is 78.9 Å². The first-order valence-electron chi connectivity index (χ1n) is 29.0. The fraction of sp³-hybridized carbons (Fsp3) is 0.672. The number of unbranched alkanes of at least 4 members (excludes halogenated alkanes) is 29. The Morgan fingerprint density at radius 3 is 0.900 bits per heavy atom. The highest BCUT2D eigenvalue weighted by atomic mass is 16.6. The van der Waals surface area contributed by atoms with Crippen molar-refractivity contribution in [2.45, 2.75) is 264 Å². The summed E-state index contributed by atoms with van der Waals surface area (Å²) in [6, 6.07) is 0. The maximum atomic E-state index is 12.9. The minimum atomic E-state index is -0.806. The Morgan fingerprint density at radius 2 is 0.557 bits per heavy atom. The molecule has 0 radical (unpaired) electrons. The van der Waals surface area contributed by atoms with Gasteiger partial charge in [0.15, 0.2) is 6.10 Å². The number of rotatable bonds is 51. The van der Waals surface area contributed by atoms with Crippen LogP contribution in [0.1, 0.15) is 258 Å². The molecule has 0 N–H and O–H groups in total. The van der Waals surface area contributed by atoms with E-state index in [1.807, 2.05) is 72.9 Å². The van der Waals surface area contributed by atoms with Crippen LogP contribution in [0.3, 0.4) is 0 Å². The van der Waals surface area contributed by atoms with E-state index in [1.54, 1.807) is 0 Å². The first-order chi connectivity index (χ1) is 34.5. The molecule has 0 spiro atoms. The number of carbonyl (C=O) groups excluding carboxylic acids is 3. The summed E-state index contributed by atoms with van der Waals surface area (Å²) >= 11 is 0. The van der Waals surface area contributed by atoms with Crippen molar-refractivity contribution in [1.29, 1.82) is 0 Å². The molecule has 6 nitrogen and oxygen atoms in total. The van der Waals surface area contributed by atoms with E-state index in [4.69, 9.17) is 14.2 Å². The van der Waals surface area contributed by atoms with Crippen LogP contribution in [0.2, 0.25) is 0 Å². The highest BCUT2D eigenvalue weighted by molar-refractivity contribution is 5.71. The second-order valence-corrected chi connectivity index (χ2v) is 19.0. The molecular formula is C64H106O6. The monoisotopic (exact) mass is 971 g/mol. The summed E-state index contributed by atoms with van der Waals surface area (Å²) < 4.78 is 16.8. The van der Waals surface area contributed by atoms with E-state index in [0.717, 1.165) is 89.9 Å². The zero-order chi connectivity index (χ0) is 50.7. The van der Waals surface area contributed by atoms with E-state index in [9.17, 15) is 14.4 Å². The molecule has 0 rings (SSSR count). The van der Waals surface area contributed by atoms with E-state index in [1.165, 1.54) is 128 Å². The van der Waals surface area contributed by atoms with Crippen LogP contribution in [-0.4, -0.2) is 37.2 Å². The van der Waals surface area contributed by atoms with Crippen molar-refractivity contribution in [3.8, 4) is 0 Å². The number of hydrogen-bond donors (Lipinski definition) is 0. The van der Waals surface area contributed by atoms with Gasteiger partial charge in [0.1, 0.15) is 13.2 Å². The molecule has 0 amide bonds. The average molecular weight is 972 g/mol. The van der Waals surface area contributed by atoms with Crippen LogP contribution < -0.4 is 0 Å². The smallest absolute Gasteiger partial charge is 0.306 e. The molecule has 0 bridgehead atoms. The second-order valence-electron chi connectivity index (χ2n) is 19.0. The molecule has 0 saturated heterocycles. The van der Waals surface area contributed by atoms with Crippen LogP contribution in [0.4, 0.5) is 0 Å². The molecule has 1 atom stereocenters. The molecule has 0 saturated carbocycles. The Balaban J connectivity index is 4.52. The molecule has 0 aromatic rings. The van der Waals surface area contributed by atoms with Gasteiger partial charge in [-0.2, -0.15) is 0 Å². The van der Waals surface area contributed by atoms with Crippen LogP contribution in [0.25, 0.3) is 0 Å². The maximum absolute atomic E-state index is 12.9. The summed E-state index contributed by atoms with van der Waals surface area (Å²) in [6.45, 7) is 6.45. The predicted octanol–water partition coefficient (Wildman–Crippen LogP) is 19.5. The summed E-state index contributed by atoms with van der Waals surface area (Å²) in [6.07, 6.45) is 77.8. The summed E-state index contributed by atoms with van der Waals surface area (Å²) in [7, 11) is 0. The predicted molar refractivity (Wildman–Crippen MR) is 302 cm³/mol. The molecule has 70 heavy (non-hydrogen) atoms. The molecule has 0 fully saturated rings. The van der Waals surface area contributed by atoms with Crippen LogP contribution in [0, 0.1) is 0 Å². The fourth-order valence-electron chi connectivity index (χ4n) is 7.89. The first-order valence-corrected chi connectivity index (χ1v) is 29.0. The first kappa shape index (κ1) is 66.1. The number of hydrogen-bond acceptors (Lipinski definition) is 6. The van der Waals surface area contributed by atoms with Crippen molar-refractivity contribution in [3.63, 3.8) is 0 Å². The highest BCUT2D eigenvalue weighted by Crippen LogP contribution is 2.15. The minimum Gasteiger partial charge on any atom is -0.462 e. The molecular weight excluding hydrogens is 865 g/mol. The van der Waals surface area contributed by atoms with Crippen LogP contribution in [-0.2, 0) is 28.6 Å². The molecule has 0 aromatic heterocycles. The molecule has 0 aromatic carbocycles. The van der Waals surface area contributed by atoms with Crippen molar-refractivity contribution >= 4 is 17.9 Å². The van der Waals surface area contributed by atoms with Crippen molar-refractivity contribution in [2.75, 3.05) is 13.2 Å². The van der Waals surface area contributed by atoms with E-state index in [2.05, 4.69) is 57.2 Å². The third kappa shape index (κ3) is 55.0. The Morgan fingerprint density at radius 1 is 0.300 bits per heavy atom. The van der Waals surface area contributed by atoms with Crippen molar-refractivity contribution < 1.29 is 28.6 Å². The van der Waals surface area contributed by atoms with E-state index in [-0.39, 0.29) is 31.1 Å². The van der Waals surface area contributed by atoms with Gasteiger partial charge in [-0.3, -0.25) is 14.4 Å². The van der Waals surface area contributed by atoms with Crippen molar-refractivity contribution in [1.82, 2.24) is 0 Å². The van der Waals surface area contributed by atoms with Gasteiger partial charge in [0.25, 0.3) is 0 Å². The van der Waals surface area contributed by atoms with Crippen LogP contribution in [0.5, 0.6) is 0 Å². The number of esters is 3. The van der Waals surface area contributed by atoms with E-state index < -0.39 is 6.10 Å². The second kappa shape index (κ2) is 57.6. The third-order valence-corrected chi connectivity index (χ3v) is 12.2. The normalized spacial score (nSPS) is 12.9. The van der Waals surface area contributed by atoms with Crippen LogP contribution >= 0.6 is 0 Å². The number of carbonyl (C=O) groups is 3. The lowest BCUT2D eigenvalue weighted by Crippen LogP contribution is -2.30. The summed E-state index contributed by atoms with van der Waals surface area (Å²) in [5, 5.41) is 0. The van der Waals surface area contributed by atoms with Gasteiger partial charge in [0.2, 0.25) is 0 Å². The van der Waals surface area contributed by atoms with Crippen molar-refractivity contribution in [3.05, 3.63) is 109 Å². The van der Waals surface area contributed by atoms with Gasteiger partial charge in [-0.15, -0.1) is 0 Å². The molecule has 398 valence electrons. The minimum absolute atomic E-state index is 0.0989. The SMILES string of the molecule is CC\C=C/C=C\C=C/C=C\C=C\C=C/C=C\CCCCCC(=O)OCC(COC(=O)CCCCCCCCCCCCCCCCC)OC(=O)CCCCCCC/C=C\C=C/CCCCCCCCC. The largest absolute Gasteiger partial charge is 0.462 e. The lowest BCUT2D eigenvalue weighted by Gasteiger charge is -2.18.